The largest absolute Gasteiger partial charge is 0.444 e. The lowest BCUT2D eigenvalue weighted by Gasteiger charge is -2.33. The number of ether oxygens (including phenoxy) is 1. The number of pyridine rings is 1. The van der Waals surface area contributed by atoms with Crippen molar-refractivity contribution < 1.29 is 9.53 Å². The monoisotopic (exact) mass is 319 g/mol. The molecule has 1 aliphatic rings. The summed E-state index contributed by atoms with van der Waals surface area (Å²) in [5.41, 5.74) is 6.42. The van der Waals surface area contributed by atoms with Crippen LogP contribution in [0.2, 0.25) is 0 Å². The van der Waals surface area contributed by atoms with Crippen molar-refractivity contribution in [2.24, 2.45) is 5.92 Å². The van der Waals surface area contributed by atoms with E-state index in [4.69, 9.17) is 10.5 Å². The van der Waals surface area contributed by atoms with E-state index in [-0.39, 0.29) is 6.09 Å². The van der Waals surface area contributed by atoms with Crippen LogP contribution in [0.5, 0.6) is 0 Å². The van der Waals surface area contributed by atoms with Crippen molar-refractivity contribution in [3.8, 4) is 0 Å². The molecule has 0 aliphatic carbocycles. The number of hydrogen-bond acceptors (Lipinski definition) is 4. The molecule has 0 saturated carbocycles. The van der Waals surface area contributed by atoms with Crippen LogP contribution < -0.4 is 5.73 Å². The van der Waals surface area contributed by atoms with Gasteiger partial charge in [0.2, 0.25) is 0 Å². The first kappa shape index (κ1) is 17.6. The minimum absolute atomic E-state index is 0.177. The molecule has 0 atom stereocenters. The number of nitrogens with zero attached hydrogens (tertiary/aromatic N) is 2. The van der Waals surface area contributed by atoms with Crippen molar-refractivity contribution in [3.05, 3.63) is 23.9 Å². The van der Waals surface area contributed by atoms with E-state index in [9.17, 15) is 4.79 Å². The Morgan fingerprint density at radius 3 is 2.61 bits per heavy atom. The molecule has 5 nitrogen and oxygen atoms in total. The Hall–Kier alpha value is -1.78. The van der Waals surface area contributed by atoms with Gasteiger partial charge in [-0.1, -0.05) is 6.07 Å². The minimum Gasteiger partial charge on any atom is -0.444 e. The Morgan fingerprint density at radius 2 is 2.04 bits per heavy atom. The summed E-state index contributed by atoms with van der Waals surface area (Å²) in [6.45, 7) is 7.34. The number of aryl methyl sites for hydroxylation is 1. The standard InChI is InChI=1S/C18H29N3O2/c1-18(2,3)23-17(22)21-11-9-14(10-12-21)5-4-6-15-7-8-16(19)20-13-15/h7-8,13-14H,4-6,9-12H2,1-3H3,(H2,19,20). The Labute approximate surface area is 139 Å². The number of nitrogens with two attached hydrogens (primary N) is 1. The number of piperidine rings is 1. The van der Waals surface area contributed by atoms with Crippen LogP contribution in [0.4, 0.5) is 10.6 Å². The van der Waals surface area contributed by atoms with E-state index in [1.807, 2.05) is 44.0 Å². The second-order valence-electron chi connectivity index (χ2n) is 7.39. The highest BCUT2D eigenvalue weighted by Crippen LogP contribution is 2.24. The molecule has 0 radical (unpaired) electrons. The normalized spacial score (nSPS) is 16.4. The smallest absolute Gasteiger partial charge is 0.410 e. The molecular formula is C18H29N3O2. The van der Waals surface area contributed by atoms with Crippen LogP contribution in [0.3, 0.4) is 0 Å². The van der Waals surface area contributed by atoms with E-state index in [1.54, 1.807) is 0 Å². The summed E-state index contributed by atoms with van der Waals surface area (Å²) in [7, 11) is 0. The molecule has 0 aromatic carbocycles. The number of carbonyl (C=O) groups is 1. The predicted molar refractivity (Wildman–Crippen MR) is 92.1 cm³/mol. The van der Waals surface area contributed by atoms with Gasteiger partial charge in [0, 0.05) is 19.3 Å². The van der Waals surface area contributed by atoms with E-state index < -0.39 is 5.60 Å². The maximum atomic E-state index is 12.0. The topological polar surface area (TPSA) is 68.5 Å². The van der Waals surface area contributed by atoms with Crippen molar-refractivity contribution in [1.82, 2.24) is 9.88 Å². The van der Waals surface area contributed by atoms with Crippen molar-refractivity contribution >= 4 is 11.9 Å². The van der Waals surface area contributed by atoms with E-state index in [0.717, 1.165) is 38.8 Å². The number of likely N-dealkylation sites (tertiary alicyclic amines) is 1. The Kier molecular flexibility index (Phi) is 5.85. The molecule has 1 aliphatic heterocycles. The molecule has 0 unspecified atom stereocenters. The molecule has 2 rings (SSSR count). The van der Waals surface area contributed by atoms with Crippen molar-refractivity contribution in [3.63, 3.8) is 0 Å². The molecule has 5 heteroatoms. The Bertz CT molecular complexity index is 500. The zero-order valence-corrected chi connectivity index (χ0v) is 14.5. The van der Waals surface area contributed by atoms with Gasteiger partial charge in [-0.15, -0.1) is 0 Å². The molecule has 23 heavy (non-hydrogen) atoms. The maximum Gasteiger partial charge on any atom is 0.410 e. The number of anilines is 1. The average Bonchev–Trinajstić information content (AvgIpc) is 2.48. The summed E-state index contributed by atoms with van der Waals surface area (Å²) < 4.78 is 5.43. The van der Waals surface area contributed by atoms with Gasteiger partial charge in [0.25, 0.3) is 0 Å². The molecule has 2 heterocycles. The third kappa shape index (κ3) is 6.08. The molecule has 1 fully saturated rings. The van der Waals surface area contributed by atoms with E-state index in [1.165, 1.54) is 12.0 Å². The minimum atomic E-state index is -0.416. The second kappa shape index (κ2) is 7.66. The third-order valence-corrected chi connectivity index (χ3v) is 4.19. The van der Waals surface area contributed by atoms with Crippen LogP contribution >= 0.6 is 0 Å². The molecule has 0 bridgehead atoms. The van der Waals surface area contributed by atoms with E-state index in [0.29, 0.717) is 11.7 Å². The SMILES string of the molecule is CC(C)(C)OC(=O)N1CCC(CCCc2ccc(N)nc2)CC1. The Morgan fingerprint density at radius 1 is 1.35 bits per heavy atom. The fourth-order valence-electron chi connectivity index (χ4n) is 2.91. The van der Waals surface area contributed by atoms with Crippen molar-refractivity contribution in [1.29, 1.82) is 0 Å². The van der Waals surface area contributed by atoms with Gasteiger partial charge < -0.3 is 15.4 Å². The number of carbonyl (C=O) groups excluding carboxylic acids is 1. The highest BCUT2D eigenvalue weighted by molar-refractivity contribution is 5.68. The van der Waals surface area contributed by atoms with Crippen LogP contribution in [0.1, 0.15) is 52.0 Å². The first-order chi connectivity index (χ1) is 10.8. The van der Waals surface area contributed by atoms with Gasteiger partial charge in [0.15, 0.2) is 0 Å². The first-order valence-electron chi connectivity index (χ1n) is 8.52. The van der Waals surface area contributed by atoms with Crippen LogP contribution in [-0.4, -0.2) is 34.7 Å². The van der Waals surface area contributed by atoms with E-state index >= 15 is 0 Å². The first-order valence-corrected chi connectivity index (χ1v) is 8.52. The number of nitrogen functional groups attached to an aromatic ring is 1. The molecule has 1 amide bonds. The average molecular weight is 319 g/mol. The molecule has 0 spiro atoms. The zero-order chi connectivity index (χ0) is 16.9. The van der Waals surface area contributed by atoms with Crippen LogP contribution in [0.25, 0.3) is 0 Å². The van der Waals surface area contributed by atoms with Crippen LogP contribution in [0, 0.1) is 5.92 Å². The predicted octanol–water partition coefficient (Wildman–Crippen LogP) is 3.63. The third-order valence-electron chi connectivity index (χ3n) is 4.19. The maximum absolute atomic E-state index is 12.0. The fourth-order valence-corrected chi connectivity index (χ4v) is 2.91. The number of rotatable bonds is 4. The van der Waals surface area contributed by atoms with Gasteiger partial charge in [-0.3, -0.25) is 0 Å². The molecule has 1 saturated heterocycles. The summed E-state index contributed by atoms with van der Waals surface area (Å²) in [6, 6.07) is 3.90. The molecular weight excluding hydrogens is 290 g/mol. The highest BCUT2D eigenvalue weighted by atomic mass is 16.6. The molecule has 2 N–H and O–H groups in total. The number of hydrogen-bond donors (Lipinski definition) is 1. The van der Waals surface area contributed by atoms with Gasteiger partial charge in [-0.05, 0) is 70.4 Å². The zero-order valence-electron chi connectivity index (χ0n) is 14.5. The molecule has 1 aromatic rings. The second-order valence-corrected chi connectivity index (χ2v) is 7.39. The van der Waals surface area contributed by atoms with Crippen molar-refractivity contribution in [2.75, 3.05) is 18.8 Å². The highest BCUT2D eigenvalue weighted by Gasteiger charge is 2.26. The van der Waals surface area contributed by atoms with Gasteiger partial charge in [0.1, 0.15) is 11.4 Å². The van der Waals surface area contributed by atoms with Crippen LogP contribution in [-0.2, 0) is 11.2 Å². The quantitative estimate of drug-likeness (QED) is 0.920. The summed E-state index contributed by atoms with van der Waals surface area (Å²) >= 11 is 0. The fraction of sp³-hybridized carbons (Fsp3) is 0.667. The summed E-state index contributed by atoms with van der Waals surface area (Å²) in [5, 5.41) is 0. The molecule has 128 valence electrons. The molecule has 1 aromatic heterocycles. The van der Waals surface area contributed by atoms with Gasteiger partial charge in [-0.25, -0.2) is 9.78 Å². The summed E-state index contributed by atoms with van der Waals surface area (Å²) in [5.74, 6) is 1.28. The Balaban J connectivity index is 1.66. The summed E-state index contributed by atoms with van der Waals surface area (Å²) in [4.78, 5) is 18.0. The lowest BCUT2D eigenvalue weighted by atomic mass is 9.91. The summed E-state index contributed by atoms with van der Waals surface area (Å²) in [6.07, 6.45) is 7.22. The van der Waals surface area contributed by atoms with Gasteiger partial charge >= 0.3 is 6.09 Å². The van der Waals surface area contributed by atoms with Gasteiger partial charge in [0.05, 0.1) is 0 Å². The number of amides is 1. The van der Waals surface area contributed by atoms with E-state index in [2.05, 4.69) is 4.98 Å². The van der Waals surface area contributed by atoms with Gasteiger partial charge in [-0.2, -0.15) is 0 Å². The van der Waals surface area contributed by atoms with Crippen molar-refractivity contribution in [2.45, 2.75) is 58.5 Å². The lowest BCUT2D eigenvalue weighted by molar-refractivity contribution is 0.0180. The van der Waals surface area contributed by atoms with Crippen LogP contribution in [0.15, 0.2) is 18.3 Å². The lowest BCUT2D eigenvalue weighted by Crippen LogP contribution is -2.41. The number of aromatic nitrogens is 1.